The Hall–Kier alpha value is -1.52. The zero-order valence-electron chi connectivity index (χ0n) is 16.2. The number of fused-ring (bicyclic) bond motifs is 2. The topological polar surface area (TPSA) is 24.9 Å². The van der Waals surface area contributed by atoms with Gasteiger partial charge in [-0.3, -0.25) is 4.90 Å². The monoisotopic (exact) mass is 356 g/mol. The Morgan fingerprint density at radius 3 is 2.46 bits per heavy atom. The molecule has 1 heterocycles. The van der Waals surface area contributed by atoms with Crippen molar-refractivity contribution in [3.8, 4) is 11.5 Å². The van der Waals surface area contributed by atoms with Gasteiger partial charge in [0, 0.05) is 39.3 Å². The summed E-state index contributed by atoms with van der Waals surface area (Å²) in [6.45, 7) is 9.69. The number of rotatable bonds is 7. The molecule has 142 valence electrons. The van der Waals surface area contributed by atoms with E-state index in [9.17, 15) is 0 Å². The second-order valence-corrected chi connectivity index (χ2v) is 8.04. The van der Waals surface area contributed by atoms with E-state index in [1.54, 1.807) is 7.11 Å². The number of allylic oxidation sites excluding steroid dienone is 2. The molecule has 1 aromatic rings. The SMILES string of the molecule is CCOc1cc(CN2CCN(C[C@H]3C[C@@H]4C=C[C@@H]3C4)CC2)ccc1OC. The second-order valence-electron chi connectivity index (χ2n) is 8.04. The third-order valence-corrected chi connectivity index (χ3v) is 6.31. The molecule has 2 bridgehead atoms. The first-order chi connectivity index (χ1) is 12.7. The molecule has 0 amide bonds. The van der Waals surface area contributed by atoms with Gasteiger partial charge in [0.15, 0.2) is 11.5 Å². The average molecular weight is 357 g/mol. The zero-order valence-corrected chi connectivity index (χ0v) is 16.2. The first-order valence-corrected chi connectivity index (χ1v) is 10.2. The molecular weight excluding hydrogens is 324 g/mol. The van der Waals surface area contributed by atoms with E-state index in [0.717, 1.165) is 48.9 Å². The van der Waals surface area contributed by atoms with Crippen molar-refractivity contribution in [2.45, 2.75) is 26.3 Å². The summed E-state index contributed by atoms with van der Waals surface area (Å²) in [6.07, 6.45) is 7.77. The van der Waals surface area contributed by atoms with Crippen molar-refractivity contribution in [1.82, 2.24) is 9.80 Å². The summed E-state index contributed by atoms with van der Waals surface area (Å²) in [5, 5.41) is 0. The third kappa shape index (κ3) is 3.91. The highest BCUT2D eigenvalue weighted by Gasteiger charge is 2.36. The van der Waals surface area contributed by atoms with Gasteiger partial charge >= 0.3 is 0 Å². The molecule has 1 saturated heterocycles. The number of ether oxygens (including phenoxy) is 2. The van der Waals surface area contributed by atoms with Gasteiger partial charge in [-0.15, -0.1) is 0 Å². The number of benzene rings is 1. The van der Waals surface area contributed by atoms with Gasteiger partial charge in [-0.25, -0.2) is 0 Å². The molecule has 1 aliphatic heterocycles. The second kappa shape index (κ2) is 8.01. The van der Waals surface area contributed by atoms with E-state index in [4.69, 9.17) is 9.47 Å². The minimum absolute atomic E-state index is 0.663. The lowest BCUT2D eigenvalue weighted by molar-refractivity contribution is 0.108. The van der Waals surface area contributed by atoms with Crippen molar-refractivity contribution in [2.75, 3.05) is 46.4 Å². The first kappa shape index (κ1) is 17.9. The zero-order chi connectivity index (χ0) is 17.9. The molecule has 4 rings (SSSR count). The molecule has 1 aromatic carbocycles. The molecule has 26 heavy (non-hydrogen) atoms. The van der Waals surface area contributed by atoms with Gasteiger partial charge in [-0.2, -0.15) is 0 Å². The third-order valence-electron chi connectivity index (χ3n) is 6.31. The summed E-state index contributed by atoms with van der Waals surface area (Å²) >= 11 is 0. The van der Waals surface area contributed by atoms with Gasteiger partial charge in [0.25, 0.3) is 0 Å². The van der Waals surface area contributed by atoms with Crippen LogP contribution in [0.3, 0.4) is 0 Å². The smallest absolute Gasteiger partial charge is 0.161 e. The molecule has 0 unspecified atom stereocenters. The molecule has 4 nitrogen and oxygen atoms in total. The van der Waals surface area contributed by atoms with Gasteiger partial charge in [0.05, 0.1) is 13.7 Å². The molecule has 2 fully saturated rings. The molecule has 2 aliphatic carbocycles. The van der Waals surface area contributed by atoms with Crippen molar-refractivity contribution in [2.24, 2.45) is 17.8 Å². The lowest BCUT2D eigenvalue weighted by Gasteiger charge is -2.37. The number of methoxy groups -OCH3 is 1. The first-order valence-electron chi connectivity index (χ1n) is 10.2. The number of hydrogen-bond acceptors (Lipinski definition) is 4. The average Bonchev–Trinajstić information content (AvgIpc) is 3.27. The van der Waals surface area contributed by atoms with Crippen LogP contribution in [-0.2, 0) is 6.54 Å². The fourth-order valence-electron chi connectivity index (χ4n) is 4.91. The molecular formula is C22H32N2O2. The maximum atomic E-state index is 5.72. The normalized spacial score (nSPS) is 28.6. The molecule has 0 spiro atoms. The Kier molecular flexibility index (Phi) is 5.51. The van der Waals surface area contributed by atoms with Crippen LogP contribution in [0.1, 0.15) is 25.3 Å². The Morgan fingerprint density at radius 2 is 1.81 bits per heavy atom. The van der Waals surface area contributed by atoms with Crippen molar-refractivity contribution in [1.29, 1.82) is 0 Å². The maximum Gasteiger partial charge on any atom is 0.161 e. The minimum atomic E-state index is 0.663. The summed E-state index contributed by atoms with van der Waals surface area (Å²) in [5.74, 6) is 4.35. The molecule has 0 N–H and O–H groups in total. The van der Waals surface area contributed by atoms with Crippen LogP contribution in [0, 0.1) is 17.8 Å². The van der Waals surface area contributed by atoms with Gasteiger partial charge in [0.1, 0.15) is 0 Å². The van der Waals surface area contributed by atoms with E-state index in [1.807, 2.05) is 13.0 Å². The van der Waals surface area contributed by atoms with Crippen LogP contribution >= 0.6 is 0 Å². The van der Waals surface area contributed by atoms with Crippen molar-refractivity contribution < 1.29 is 9.47 Å². The Balaban J connectivity index is 1.27. The van der Waals surface area contributed by atoms with Crippen molar-refractivity contribution >= 4 is 0 Å². The van der Waals surface area contributed by atoms with Crippen LogP contribution in [0.5, 0.6) is 11.5 Å². The largest absolute Gasteiger partial charge is 0.493 e. The van der Waals surface area contributed by atoms with Crippen LogP contribution in [0.15, 0.2) is 30.4 Å². The lowest BCUT2D eigenvalue weighted by atomic mass is 9.93. The predicted octanol–water partition coefficient (Wildman–Crippen LogP) is 3.42. The number of piperazine rings is 1. The fourth-order valence-corrected chi connectivity index (χ4v) is 4.91. The summed E-state index contributed by atoms with van der Waals surface area (Å²) < 4.78 is 11.1. The molecule has 1 saturated carbocycles. The van der Waals surface area contributed by atoms with Gasteiger partial charge in [0.2, 0.25) is 0 Å². The van der Waals surface area contributed by atoms with E-state index in [1.165, 1.54) is 38.0 Å². The highest BCUT2D eigenvalue weighted by molar-refractivity contribution is 5.43. The summed E-state index contributed by atoms with van der Waals surface area (Å²) in [6, 6.07) is 6.32. The predicted molar refractivity (Wildman–Crippen MR) is 105 cm³/mol. The van der Waals surface area contributed by atoms with Crippen LogP contribution < -0.4 is 9.47 Å². The van der Waals surface area contributed by atoms with E-state index < -0.39 is 0 Å². The minimum Gasteiger partial charge on any atom is -0.493 e. The number of nitrogens with zero attached hydrogens (tertiary/aromatic N) is 2. The van der Waals surface area contributed by atoms with Crippen molar-refractivity contribution in [3.63, 3.8) is 0 Å². The molecule has 0 radical (unpaired) electrons. The Labute approximate surface area is 157 Å². The molecule has 0 aromatic heterocycles. The highest BCUT2D eigenvalue weighted by atomic mass is 16.5. The van der Waals surface area contributed by atoms with E-state index in [2.05, 4.69) is 34.1 Å². The van der Waals surface area contributed by atoms with Crippen LogP contribution in [0.25, 0.3) is 0 Å². The number of hydrogen-bond donors (Lipinski definition) is 0. The van der Waals surface area contributed by atoms with Crippen LogP contribution in [0.2, 0.25) is 0 Å². The lowest BCUT2D eigenvalue weighted by Crippen LogP contribution is -2.47. The van der Waals surface area contributed by atoms with Crippen molar-refractivity contribution in [3.05, 3.63) is 35.9 Å². The molecule has 4 heteroatoms. The summed E-state index contributed by atoms with van der Waals surface area (Å²) in [5.41, 5.74) is 1.31. The Morgan fingerprint density at radius 1 is 1.00 bits per heavy atom. The standard InChI is InChI=1S/C22H32N2O2/c1-3-26-22-14-18(5-7-21(22)25-2)15-23-8-10-24(11-9-23)16-20-13-17-4-6-19(20)12-17/h4-7,14,17,19-20H,3,8-13,15-16H2,1-2H3/t17-,19-,20-/m1/s1. The summed E-state index contributed by atoms with van der Waals surface area (Å²) in [4.78, 5) is 5.25. The van der Waals surface area contributed by atoms with E-state index in [-0.39, 0.29) is 0 Å². The maximum absolute atomic E-state index is 5.72. The van der Waals surface area contributed by atoms with E-state index in [0.29, 0.717) is 6.61 Å². The molecule has 3 aliphatic rings. The van der Waals surface area contributed by atoms with Gasteiger partial charge < -0.3 is 14.4 Å². The quantitative estimate of drug-likeness (QED) is 0.699. The van der Waals surface area contributed by atoms with Crippen LogP contribution in [-0.4, -0.2) is 56.2 Å². The van der Waals surface area contributed by atoms with Gasteiger partial charge in [-0.05, 0) is 55.2 Å². The Bertz CT molecular complexity index is 637. The molecule has 3 atom stereocenters. The van der Waals surface area contributed by atoms with Gasteiger partial charge in [-0.1, -0.05) is 18.2 Å². The van der Waals surface area contributed by atoms with Crippen LogP contribution in [0.4, 0.5) is 0 Å². The van der Waals surface area contributed by atoms with E-state index >= 15 is 0 Å². The highest BCUT2D eigenvalue weighted by Crippen LogP contribution is 2.43. The summed E-state index contributed by atoms with van der Waals surface area (Å²) in [7, 11) is 1.70. The fraction of sp³-hybridized carbons (Fsp3) is 0.636.